The molecule has 5 heteroatoms. The van der Waals surface area contributed by atoms with Crippen molar-refractivity contribution in [1.82, 2.24) is 10.1 Å². The van der Waals surface area contributed by atoms with E-state index in [-0.39, 0.29) is 11.5 Å². The maximum absolute atomic E-state index is 9.72. The highest BCUT2D eigenvalue weighted by atomic mass is 16.5. The number of aromatic nitrogens is 2. The monoisotopic (exact) mass is 282 g/mol. The van der Waals surface area contributed by atoms with E-state index in [4.69, 9.17) is 4.52 Å². The van der Waals surface area contributed by atoms with Gasteiger partial charge in [-0.25, -0.2) is 0 Å². The van der Waals surface area contributed by atoms with Gasteiger partial charge in [0.2, 0.25) is 0 Å². The second kappa shape index (κ2) is 5.28. The van der Waals surface area contributed by atoms with Gasteiger partial charge in [0, 0.05) is 17.5 Å². The summed E-state index contributed by atoms with van der Waals surface area (Å²) in [6.45, 7) is 1.80. The van der Waals surface area contributed by atoms with Crippen molar-refractivity contribution in [3.05, 3.63) is 59.4 Å². The lowest BCUT2D eigenvalue weighted by Gasteiger charge is -2.01. The van der Waals surface area contributed by atoms with Gasteiger partial charge in [-0.2, -0.15) is 4.98 Å². The molecule has 21 heavy (non-hydrogen) atoms. The number of phenols is 2. The van der Waals surface area contributed by atoms with Gasteiger partial charge in [-0.15, -0.1) is 0 Å². The Morgan fingerprint density at radius 1 is 1.05 bits per heavy atom. The minimum atomic E-state index is 0.200. The minimum absolute atomic E-state index is 0.200. The van der Waals surface area contributed by atoms with Crippen molar-refractivity contribution in [2.45, 2.75) is 13.3 Å². The van der Waals surface area contributed by atoms with Crippen molar-refractivity contribution in [2.75, 3.05) is 0 Å². The molecule has 3 rings (SSSR count). The van der Waals surface area contributed by atoms with Gasteiger partial charge in [0.1, 0.15) is 11.5 Å². The molecule has 1 heterocycles. The summed E-state index contributed by atoms with van der Waals surface area (Å²) < 4.78 is 5.26. The van der Waals surface area contributed by atoms with Crippen LogP contribution >= 0.6 is 0 Å². The third-order valence-corrected chi connectivity index (χ3v) is 3.30. The van der Waals surface area contributed by atoms with E-state index in [0.29, 0.717) is 23.7 Å². The Hall–Kier alpha value is -2.82. The van der Waals surface area contributed by atoms with Gasteiger partial charge >= 0.3 is 0 Å². The summed E-state index contributed by atoms with van der Waals surface area (Å²) in [5.41, 5.74) is 2.41. The molecule has 0 unspecified atom stereocenters. The Kier molecular flexibility index (Phi) is 3.31. The standard InChI is InChI=1S/C16H14N2O3/c1-10-13(3-2-4-14(10)20)16-17-15(18-21-16)9-11-5-7-12(19)8-6-11/h2-8,19-20H,9H2,1H3. The molecule has 106 valence electrons. The molecule has 0 saturated heterocycles. The van der Waals surface area contributed by atoms with E-state index in [9.17, 15) is 10.2 Å². The Morgan fingerprint density at radius 3 is 2.57 bits per heavy atom. The lowest BCUT2D eigenvalue weighted by atomic mass is 10.1. The van der Waals surface area contributed by atoms with E-state index in [1.807, 2.05) is 18.2 Å². The molecular formula is C16H14N2O3. The summed E-state index contributed by atoms with van der Waals surface area (Å²) in [6, 6.07) is 12.0. The largest absolute Gasteiger partial charge is 0.508 e. The number of nitrogens with zero attached hydrogens (tertiary/aromatic N) is 2. The normalized spacial score (nSPS) is 10.7. The first-order chi connectivity index (χ1) is 10.1. The Balaban J connectivity index is 1.86. The van der Waals surface area contributed by atoms with Gasteiger partial charge in [-0.1, -0.05) is 23.4 Å². The molecule has 1 aromatic heterocycles. The maximum atomic E-state index is 9.72. The number of benzene rings is 2. The Labute approximate surface area is 121 Å². The third kappa shape index (κ3) is 2.72. The average Bonchev–Trinajstić information content (AvgIpc) is 2.93. The molecule has 3 aromatic rings. The van der Waals surface area contributed by atoms with Crippen LogP contribution in [0.3, 0.4) is 0 Å². The second-order valence-corrected chi connectivity index (χ2v) is 4.81. The molecule has 5 nitrogen and oxygen atoms in total. The minimum Gasteiger partial charge on any atom is -0.508 e. The SMILES string of the molecule is Cc1c(O)cccc1-c1nc(Cc2ccc(O)cc2)no1. The fourth-order valence-corrected chi connectivity index (χ4v) is 2.09. The first-order valence-electron chi connectivity index (χ1n) is 6.53. The maximum Gasteiger partial charge on any atom is 0.258 e. The summed E-state index contributed by atoms with van der Waals surface area (Å²) in [5, 5.41) is 22.9. The predicted octanol–water partition coefficient (Wildman–Crippen LogP) is 3.05. The zero-order chi connectivity index (χ0) is 14.8. The topological polar surface area (TPSA) is 79.4 Å². The fraction of sp³-hybridized carbons (Fsp3) is 0.125. The molecule has 0 aliphatic carbocycles. The Bertz CT molecular complexity index is 763. The number of rotatable bonds is 3. The van der Waals surface area contributed by atoms with Crippen LogP contribution in [0, 0.1) is 6.92 Å². The highest BCUT2D eigenvalue weighted by Crippen LogP contribution is 2.28. The number of aromatic hydroxyl groups is 2. The van der Waals surface area contributed by atoms with Gasteiger partial charge in [-0.05, 0) is 36.8 Å². The average molecular weight is 282 g/mol. The zero-order valence-corrected chi connectivity index (χ0v) is 11.4. The van der Waals surface area contributed by atoms with Crippen LogP contribution in [0.4, 0.5) is 0 Å². The van der Waals surface area contributed by atoms with Gasteiger partial charge in [0.15, 0.2) is 5.82 Å². The quantitative estimate of drug-likeness (QED) is 0.771. The lowest BCUT2D eigenvalue weighted by Crippen LogP contribution is -1.90. The number of hydrogen-bond acceptors (Lipinski definition) is 5. The van der Waals surface area contributed by atoms with E-state index in [0.717, 1.165) is 11.1 Å². The van der Waals surface area contributed by atoms with E-state index < -0.39 is 0 Å². The Morgan fingerprint density at radius 2 is 1.81 bits per heavy atom. The van der Waals surface area contributed by atoms with Crippen molar-refractivity contribution in [3.8, 4) is 23.0 Å². The molecule has 2 aromatic carbocycles. The van der Waals surface area contributed by atoms with Gasteiger partial charge in [0.05, 0.1) is 0 Å². The summed E-state index contributed by atoms with van der Waals surface area (Å²) in [6.07, 6.45) is 0.516. The van der Waals surface area contributed by atoms with Crippen molar-refractivity contribution in [1.29, 1.82) is 0 Å². The summed E-state index contributed by atoms with van der Waals surface area (Å²) >= 11 is 0. The van der Waals surface area contributed by atoms with Crippen molar-refractivity contribution < 1.29 is 14.7 Å². The molecular weight excluding hydrogens is 268 g/mol. The number of phenolic OH excluding ortho intramolecular Hbond substituents is 2. The highest BCUT2D eigenvalue weighted by Gasteiger charge is 2.13. The molecule has 2 N–H and O–H groups in total. The van der Waals surface area contributed by atoms with E-state index >= 15 is 0 Å². The number of hydrogen-bond donors (Lipinski definition) is 2. The van der Waals surface area contributed by atoms with Crippen molar-refractivity contribution in [3.63, 3.8) is 0 Å². The third-order valence-electron chi connectivity index (χ3n) is 3.30. The molecule has 0 spiro atoms. The van der Waals surface area contributed by atoms with E-state index in [2.05, 4.69) is 10.1 Å². The molecule has 0 aliphatic rings. The van der Waals surface area contributed by atoms with E-state index in [1.165, 1.54) is 0 Å². The smallest absolute Gasteiger partial charge is 0.258 e. The molecule has 0 saturated carbocycles. The highest BCUT2D eigenvalue weighted by molar-refractivity contribution is 5.61. The zero-order valence-electron chi connectivity index (χ0n) is 11.4. The van der Waals surface area contributed by atoms with Crippen molar-refractivity contribution >= 4 is 0 Å². The predicted molar refractivity (Wildman–Crippen MR) is 77.0 cm³/mol. The van der Waals surface area contributed by atoms with Gasteiger partial charge in [-0.3, -0.25) is 0 Å². The summed E-state index contributed by atoms with van der Waals surface area (Å²) in [5.74, 6) is 1.37. The van der Waals surface area contributed by atoms with Crippen LogP contribution in [0.15, 0.2) is 47.0 Å². The van der Waals surface area contributed by atoms with Gasteiger partial charge in [0.25, 0.3) is 5.89 Å². The van der Waals surface area contributed by atoms with Crippen LogP contribution in [0.1, 0.15) is 17.0 Å². The molecule has 0 bridgehead atoms. The van der Waals surface area contributed by atoms with Crippen LogP contribution in [0.25, 0.3) is 11.5 Å². The fourth-order valence-electron chi connectivity index (χ4n) is 2.09. The second-order valence-electron chi connectivity index (χ2n) is 4.81. The lowest BCUT2D eigenvalue weighted by molar-refractivity contribution is 0.422. The first kappa shape index (κ1) is 13.2. The van der Waals surface area contributed by atoms with Crippen molar-refractivity contribution in [2.24, 2.45) is 0 Å². The van der Waals surface area contributed by atoms with Gasteiger partial charge < -0.3 is 14.7 Å². The van der Waals surface area contributed by atoms with Crippen LogP contribution in [0.2, 0.25) is 0 Å². The molecule has 0 aliphatic heterocycles. The van der Waals surface area contributed by atoms with Crippen LogP contribution < -0.4 is 0 Å². The summed E-state index contributed by atoms with van der Waals surface area (Å²) in [4.78, 5) is 4.35. The molecule has 0 atom stereocenters. The van der Waals surface area contributed by atoms with Crippen LogP contribution in [0.5, 0.6) is 11.5 Å². The van der Waals surface area contributed by atoms with E-state index in [1.54, 1.807) is 31.2 Å². The van der Waals surface area contributed by atoms with Crippen LogP contribution in [-0.2, 0) is 6.42 Å². The molecule has 0 amide bonds. The van der Waals surface area contributed by atoms with Crippen LogP contribution in [-0.4, -0.2) is 20.4 Å². The first-order valence-corrected chi connectivity index (χ1v) is 6.53. The summed E-state index contributed by atoms with van der Waals surface area (Å²) in [7, 11) is 0. The molecule has 0 radical (unpaired) electrons. The molecule has 0 fully saturated rings.